The number of nitrogens with zero attached hydrogens (tertiary/aromatic N) is 5. The number of carbonyl (C=O) groups excluding carboxylic acids is 2. The topological polar surface area (TPSA) is 107 Å². The first-order valence-electron chi connectivity index (χ1n) is 10.7. The molecule has 0 spiro atoms. The second-order valence-electron chi connectivity index (χ2n) is 8.02. The van der Waals surface area contributed by atoms with E-state index in [-0.39, 0.29) is 24.3 Å². The van der Waals surface area contributed by atoms with Gasteiger partial charge in [0.25, 0.3) is 0 Å². The van der Waals surface area contributed by atoms with Crippen LogP contribution in [0.5, 0.6) is 0 Å². The van der Waals surface area contributed by atoms with Gasteiger partial charge in [0.05, 0.1) is 0 Å². The second-order valence-corrected chi connectivity index (χ2v) is 8.02. The molecule has 0 atom stereocenters. The van der Waals surface area contributed by atoms with E-state index in [1.165, 1.54) is 23.4 Å². The molecule has 0 saturated heterocycles. The highest BCUT2D eigenvalue weighted by Crippen LogP contribution is 2.25. The molecule has 4 rings (SSSR count). The predicted molar refractivity (Wildman–Crippen MR) is 116 cm³/mol. The molecule has 0 radical (unpaired) electrons. The highest BCUT2D eigenvalue weighted by atomic mass is 19.1. The Labute approximate surface area is 185 Å². The van der Waals surface area contributed by atoms with Crippen LogP contribution in [-0.2, 0) is 17.9 Å². The standard InChI is InChI=1S/C23H25FN6O2/c24-19-12-6-16(7-13-19)14-29(20-4-2-1-3-5-20)21(31)15-30-27-23(26-28-30)18-10-8-17(9-11-18)22(25)32/h6-13,20H,1-5,14-15H2,(H2,25,32). The minimum absolute atomic E-state index is 0.0376. The molecule has 1 saturated carbocycles. The maximum absolute atomic E-state index is 13.3. The third-order valence-corrected chi connectivity index (χ3v) is 5.76. The molecule has 1 aliphatic rings. The Balaban J connectivity index is 1.48. The third-order valence-electron chi connectivity index (χ3n) is 5.76. The fourth-order valence-corrected chi connectivity index (χ4v) is 4.02. The Bertz CT molecular complexity index is 1070. The zero-order valence-electron chi connectivity index (χ0n) is 17.7. The van der Waals surface area contributed by atoms with Gasteiger partial charge in [0.15, 0.2) is 0 Å². The van der Waals surface area contributed by atoms with Crippen LogP contribution in [0.15, 0.2) is 48.5 Å². The third kappa shape index (κ3) is 5.16. The number of amides is 2. The van der Waals surface area contributed by atoms with Crippen LogP contribution in [0.4, 0.5) is 4.39 Å². The summed E-state index contributed by atoms with van der Waals surface area (Å²) in [4.78, 5) is 27.6. The van der Waals surface area contributed by atoms with Gasteiger partial charge in [-0.05, 0) is 47.9 Å². The molecule has 2 N–H and O–H groups in total. The van der Waals surface area contributed by atoms with Crippen LogP contribution in [0.1, 0.15) is 48.0 Å². The molecule has 32 heavy (non-hydrogen) atoms. The van der Waals surface area contributed by atoms with Gasteiger partial charge < -0.3 is 10.6 Å². The molecule has 2 amide bonds. The predicted octanol–water partition coefficient (Wildman–Crippen LogP) is 2.94. The maximum atomic E-state index is 13.3. The molecule has 9 heteroatoms. The van der Waals surface area contributed by atoms with Crippen molar-refractivity contribution in [3.05, 3.63) is 65.5 Å². The van der Waals surface area contributed by atoms with E-state index < -0.39 is 5.91 Å². The number of carbonyl (C=O) groups is 2. The minimum atomic E-state index is -0.511. The van der Waals surface area contributed by atoms with Crippen LogP contribution in [0.25, 0.3) is 11.4 Å². The number of primary amides is 1. The van der Waals surface area contributed by atoms with Gasteiger partial charge in [-0.25, -0.2) is 4.39 Å². The Morgan fingerprint density at radius 1 is 1.03 bits per heavy atom. The zero-order chi connectivity index (χ0) is 22.5. The molecule has 0 aliphatic heterocycles. The van der Waals surface area contributed by atoms with Crippen molar-refractivity contribution in [1.82, 2.24) is 25.1 Å². The van der Waals surface area contributed by atoms with Crippen LogP contribution in [0.2, 0.25) is 0 Å². The van der Waals surface area contributed by atoms with E-state index in [2.05, 4.69) is 15.4 Å². The summed E-state index contributed by atoms with van der Waals surface area (Å²) in [6.07, 6.45) is 5.26. The van der Waals surface area contributed by atoms with Gasteiger partial charge in [0, 0.05) is 23.7 Å². The van der Waals surface area contributed by atoms with Crippen LogP contribution < -0.4 is 5.73 Å². The van der Waals surface area contributed by atoms with Gasteiger partial charge in [0.1, 0.15) is 12.4 Å². The lowest BCUT2D eigenvalue weighted by molar-refractivity contribution is -0.136. The molecular formula is C23H25FN6O2. The summed E-state index contributed by atoms with van der Waals surface area (Å²) >= 11 is 0. The summed E-state index contributed by atoms with van der Waals surface area (Å²) in [6, 6.07) is 12.9. The second kappa shape index (κ2) is 9.67. The Morgan fingerprint density at radius 2 is 1.72 bits per heavy atom. The highest BCUT2D eigenvalue weighted by Gasteiger charge is 2.26. The summed E-state index contributed by atoms with van der Waals surface area (Å²) in [6.45, 7) is 0.379. The minimum Gasteiger partial charge on any atom is -0.366 e. The quantitative estimate of drug-likeness (QED) is 0.613. The summed E-state index contributed by atoms with van der Waals surface area (Å²) in [5.74, 6) is -0.555. The fraction of sp³-hybridized carbons (Fsp3) is 0.348. The normalized spacial score (nSPS) is 14.3. The molecule has 1 fully saturated rings. The lowest BCUT2D eigenvalue weighted by atomic mass is 9.93. The molecule has 3 aromatic rings. The number of hydrogen-bond donors (Lipinski definition) is 1. The van der Waals surface area contributed by atoms with E-state index in [0.29, 0.717) is 23.5 Å². The van der Waals surface area contributed by atoms with Gasteiger partial charge in [0.2, 0.25) is 17.6 Å². The highest BCUT2D eigenvalue weighted by molar-refractivity contribution is 5.93. The van der Waals surface area contributed by atoms with Crippen molar-refractivity contribution < 1.29 is 14.0 Å². The van der Waals surface area contributed by atoms with Gasteiger partial charge in [-0.1, -0.05) is 43.5 Å². The zero-order valence-corrected chi connectivity index (χ0v) is 17.7. The number of nitrogens with two attached hydrogens (primary N) is 1. The van der Waals surface area contributed by atoms with Gasteiger partial charge in [-0.2, -0.15) is 4.80 Å². The van der Waals surface area contributed by atoms with Crippen molar-refractivity contribution in [2.24, 2.45) is 5.73 Å². The molecule has 1 heterocycles. The fourth-order valence-electron chi connectivity index (χ4n) is 4.02. The first-order valence-corrected chi connectivity index (χ1v) is 10.7. The van der Waals surface area contributed by atoms with Crippen LogP contribution in [-0.4, -0.2) is 43.0 Å². The van der Waals surface area contributed by atoms with Crippen LogP contribution >= 0.6 is 0 Å². The van der Waals surface area contributed by atoms with E-state index in [9.17, 15) is 14.0 Å². The van der Waals surface area contributed by atoms with E-state index in [1.807, 2.05) is 4.90 Å². The Morgan fingerprint density at radius 3 is 2.38 bits per heavy atom. The number of tetrazole rings is 1. The summed E-state index contributed by atoms with van der Waals surface area (Å²) in [7, 11) is 0. The van der Waals surface area contributed by atoms with E-state index in [4.69, 9.17) is 5.73 Å². The number of aromatic nitrogens is 4. The van der Waals surface area contributed by atoms with Crippen molar-refractivity contribution in [2.75, 3.05) is 0 Å². The average molecular weight is 436 g/mol. The number of halogens is 1. The lowest BCUT2D eigenvalue weighted by Crippen LogP contribution is -2.42. The van der Waals surface area contributed by atoms with E-state index >= 15 is 0 Å². The number of benzene rings is 2. The molecular weight excluding hydrogens is 411 g/mol. The SMILES string of the molecule is NC(=O)c1ccc(-c2nnn(CC(=O)N(Cc3ccc(F)cc3)C3CCCCC3)n2)cc1. The Kier molecular flexibility index (Phi) is 6.53. The number of hydrogen-bond acceptors (Lipinski definition) is 5. The van der Waals surface area contributed by atoms with Gasteiger partial charge >= 0.3 is 0 Å². The molecule has 2 aromatic carbocycles. The van der Waals surface area contributed by atoms with Crippen LogP contribution in [0, 0.1) is 5.82 Å². The van der Waals surface area contributed by atoms with Crippen molar-refractivity contribution in [2.45, 2.75) is 51.2 Å². The summed E-state index contributed by atoms with van der Waals surface area (Å²) < 4.78 is 13.3. The largest absolute Gasteiger partial charge is 0.366 e. The van der Waals surface area contributed by atoms with Crippen LogP contribution in [0.3, 0.4) is 0 Å². The van der Waals surface area contributed by atoms with Gasteiger partial charge in [-0.3, -0.25) is 9.59 Å². The monoisotopic (exact) mass is 436 g/mol. The van der Waals surface area contributed by atoms with Gasteiger partial charge in [-0.15, -0.1) is 10.2 Å². The van der Waals surface area contributed by atoms with Crippen molar-refractivity contribution in [1.29, 1.82) is 0 Å². The molecule has 8 nitrogen and oxygen atoms in total. The van der Waals surface area contributed by atoms with Crippen molar-refractivity contribution in [3.8, 4) is 11.4 Å². The van der Waals surface area contributed by atoms with Crippen molar-refractivity contribution >= 4 is 11.8 Å². The summed E-state index contributed by atoms with van der Waals surface area (Å²) in [5, 5.41) is 12.4. The molecule has 0 unspecified atom stereocenters. The Hall–Kier alpha value is -3.62. The lowest BCUT2D eigenvalue weighted by Gasteiger charge is -2.34. The smallest absolute Gasteiger partial charge is 0.248 e. The number of rotatable bonds is 7. The van der Waals surface area contributed by atoms with E-state index in [0.717, 1.165) is 31.2 Å². The first kappa shape index (κ1) is 21.6. The van der Waals surface area contributed by atoms with E-state index in [1.54, 1.807) is 36.4 Å². The molecule has 1 aliphatic carbocycles. The van der Waals surface area contributed by atoms with Crippen molar-refractivity contribution in [3.63, 3.8) is 0 Å². The molecule has 0 bridgehead atoms. The molecule has 1 aromatic heterocycles. The average Bonchev–Trinajstić information content (AvgIpc) is 3.27. The maximum Gasteiger partial charge on any atom is 0.248 e. The summed E-state index contributed by atoms with van der Waals surface area (Å²) in [5.41, 5.74) is 7.21. The molecule has 166 valence electrons. The first-order chi connectivity index (χ1) is 15.5.